The van der Waals surface area contributed by atoms with Gasteiger partial charge >= 0.3 is 0 Å². The maximum Gasteiger partial charge on any atom is 0.153 e. The molecule has 1 aromatic rings. The van der Waals surface area contributed by atoms with Gasteiger partial charge in [0.2, 0.25) is 0 Å². The Kier molecular flexibility index (Phi) is 4.54. The molecule has 0 unspecified atom stereocenters. The van der Waals surface area contributed by atoms with Gasteiger partial charge in [-0.05, 0) is 24.2 Å². The number of hydrogen-bond donors (Lipinski definition) is 1. The van der Waals surface area contributed by atoms with Gasteiger partial charge in [0, 0.05) is 13.6 Å². The molecular formula is C9H17N3S2. The first kappa shape index (κ1) is 11.7. The highest BCUT2D eigenvalue weighted by atomic mass is 32.2. The number of rotatable bonds is 5. The van der Waals surface area contributed by atoms with Gasteiger partial charge in [0.05, 0.1) is 4.90 Å². The molecule has 14 heavy (non-hydrogen) atoms. The van der Waals surface area contributed by atoms with E-state index in [9.17, 15) is 0 Å². The number of nitrogen functional groups attached to an aromatic ring is 1. The molecule has 0 aliphatic heterocycles. The summed E-state index contributed by atoms with van der Waals surface area (Å²) in [6.45, 7) is 3.27. The fourth-order valence-electron chi connectivity index (χ4n) is 1.22. The van der Waals surface area contributed by atoms with Gasteiger partial charge in [0.25, 0.3) is 0 Å². The summed E-state index contributed by atoms with van der Waals surface area (Å²) >= 11 is 3.16. The standard InChI is InChI=1S/C9H17N3S2/c1-4-5-6-12(2)9-7(13-3)8(10)11-14-9/h4-6H2,1-3H3,(H2,10,11). The first-order valence-corrected chi connectivity index (χ1v) is 6.70. The van der Waals surface area contributed by atoms with E-state index in [1.54, 1.807) is 11.8 Å². The Hall–Kier alpha value is -0.420. The van der Waals surface area contributed by atoms with Gasteiger partial charge in [0.15, 0.2) is 5.82 Å². The van der Waals surface area contributed by atoms with Crippen molar-refractivity contribution in [1.29, 1.82) is 0 Å². The second kappa shape index (κ2) is 5.46. The summed E-state index contributed by atoms with van der Waals surface area (Å²) in [5.41, 5.74) is 5.77. The van der Waals surface area contributed by atoms with Crippen molar-refractivity contribution in [3.63, 3.8) is 0 Å². The maximum absolute atomic E-state index is 5.77. The van der Waals surface area contributed by atoms with E-state index < -0.39 is 0 Å². The molecule has 0 atom stereocenters. The Morgan fingerprint density at radius 1 is 1.57 bits per heavy atom. The van der Waals surface area contributed by atoms with Crippen molar-refractivity contribution in [2.75, 3.05) is 30.5 Å². The first-order valence-electron chi connectivity index (χ1n) is 4.71. The third kappa shape index (κ3) is 2.54. The van der Waals surface area contributed by atoms with Crippen molar-refractivity contribution in [1.82, 2.24) is 4.37 Å². The van der Waals surface area contributed by atoms with Crippen LogP contribution in [0.1, 0.15) is 19.8 Å². The Labute approximate surface area is 93.8 Å². The van der Waals surface area contributed by atoms with E-state index in [2.05, 4.69) is 23.2 Å². The number of hydrogen-bond acceptors (Lipinski definition) is 5. The number of unbranched alkanes of at least 4 members (excludes halogenated alkanes) is 1. The quantitative estimate of drug-likeness (QED) is 0.791. The minimum atomic E-state index is 0.667. The molecule has 0 spiro atoms. The molecule has 1 heterocycles. The number of nitrogens with zero attached hydrogens (tertiary/aromatic N) is 2. The maximum atomic E-state index is 5.77. The molecule has 0 amide bonds. The molecule has 80 valence electrons. The second-order valence-corrected chi connectivity index (χ2v) is 4.75. The zero-order valence-electron chi connectivity index (χ0n) is 8.91. The molecule has 0 saturated carbocycles. The molecule has 0 radical (unpaired) electrons. The van der Waals surface area contributed by atoms with Crippen molar-refractivity contribution in [3.8, 4) is 0 Å². The minimum Gasteiger partial charge on any atom is -0.382 e. The number of aromatic nitrogens is 1. The number of thioether (sulfide) groups is 1. The molecule has 0 aliphatic carbocycles. The van der Waals surface area contributed by atoms with Crippen molar-refractivity contribution in [2.24, 2.45) is 0 Å². The van der Waals surface area contributed by atoms with Crippen LogP contribution in [0.5, 0.6) is 0 Å². The first-order chi connectivity index (χ1) is 6.70. The van der Waals surface area contributed by atoms with Crippen LogP contribution in [0.2, 0.25) is 0 Å². The molecule has 0 aromatic carbocycles. The van der Waals surface area contributed by atoms with Crippen molar-refractivity contribution in [2.45, 2.75) is 24.7 Å². The third-order valence-corrected chi connectivity index (χ3v) is 3.97. The molecule has 1 rings (SSSR count). The van der Waals surface area contributed by atoms with E-state index in [0.29, 0.717) is 5.82 Å². The Morgan fingerprint density at radius 3 is 2.86 bits per heavy atom. The Balaban J connectivity index is 2.73. The molecule has 0 fully saturated rings. The van der Waals surface area contributed by atoms with Crippen molar-refractivity contribution >= 4 is 34.1 Å². The molecule has 2 N–H and O–H groups in total. The summed E-state index contributed by atoms with van der Waals surface area (Å²) in [6.07, 6.45) is 4.46. The molecular weight excluding hydrogens is 214 g/mol. The van der Waals surface area contributed by atoms with E-state index in [0.717, 1.165) is 11.4 Å². The summed E-state index contributed by atoms with van der Waals surface area (Å²) in [4.78, 5) is 3.36. The lowest BCUT2D eigenvalue weighted by Gasteiger charge is -2.17. The van der Waals surface area contributed by atoms with Crippen LogP contribution in [0.4, 0.5) is 10.8 Å². The normalized spacial score (nSPS) is 10.5. The predicted octanol–water partition coefficient (Wildman–Crippen LogP) is 2.68. The smallest absolute Gasteiger partial charge is 0.153 e. The van der Waals surface area contributed by atoms with Crippen molar-refractivity contribution < 1.29 is 0 Å². The summed E-state index contributed by atoms with van der Waals surface area (Å²) in [6, 6.07) is 0. The van der Waals surface area contributed by atoms with Crippen LogP contribution in [-0.4, -0.2) is 24.2 Å². The van der Waals surface area contributed by atoms with Gasteiger partial charge in [0.1, 0.15) is 5.00 Å². The Morgan fingerprint density at radius 2 is 2.29 bits per heavy atom. The monoisotopic (exact) mass is 231 g/mol. The van der Waals surface area contributed by atoms with Gasteiger partial charge in [-0.25, -0.2) is 0 Å². The highest BCUT2D eigenvalue weighted by Gasteiger charge is 2.13. The average Bonchev–Trinajstić information content (AvgIpc) is 2.55. The van der Waals surface area contributed by atoms with Gasteiger partial charge in [-0.1, -0.05) is 13.3 Å². The molecule has 0 bridgehead atoms. The number of nitrogens with two attached hydrogens (primary N) is 1. The number of anilines is 2. The molecule has 3 nitrogen and oxygen atoms in total. The van der Waals surface area contributed by atoms with Crippen LogP contribution in [0.15, 0.2) is 4.90 Å². The molecule has 5 heteroatoms. The van der Waals surface area contributed by atoms with Crippen molar-refractivity contribution in [3.05, 3.63) is 0 Å². The highest BCUT2D eigenvalue weighted by Crippen LogP contribution is 2.36. The summed E-state index contributed by atoms with van der Waals surface area (Å²) < 4.78 is 4.17. The van der Waals surface area contributed by atoms with Crippen LogP contribution in [0.3, 0.4) is 0 Å². The van der Waals surface area contributed by atoms with E-state index in [1.165, 1.54) is 29.4 Å². The summed E-state index contributed by atoms with van der Waals surface area (Å²) in [7, 11) is 2.10. The SMILES string of the molecule is CCCCN(C)c1snc(N)c1SC. The van der Waals surface area contributed by atoms with Crippen LogP contribution in [0.25, 0.3) is 0 Å². The average molecular weight is 231 g/mol. The fraction of sp³-hybridized carbons (Fsp3) is 0.667. The van der Waals surface area contributed by atoms with E-state index in [1.807, 2.05) is 6.26 Å². The highest BCUT2D eigenvalue weighted by molar-refractivity contribution is 7.99. The zero-order valence-corrected chi connectivity index (χ0v) is 10.5. The lowest BCUT2D eigenvalue weighted by molar-refractivity contribution is 0.767. The topological polar surface area (TPSA) is 42.2 Å². The van der Waals surface area contributed by atoms with Gasteiger partial charge < -0.3 is 10.6 Å². The summed E-state index contributed by atoms with van der Waals surface area (Å²) in [5.74, 6) is 0.667. The van der Waals surface area contributed by atoms with Gasteiger partial charge in [-0.15, -0.1) is 11.8 Å². The van der Waals surface area contributed by atoms with Gasteiger partial charge in [-0.3, -0.25) is 0 Å². The van der Waals surface area contributed by atoms with Crippen LogP contribution < -0.4 is 10.6 Å². The van der Waals surface area contributed by atoms with E-state index in [4.69, 9.17) is 5.73 Å². The lowest BCUT2D eigenvalue weighted by atomic mass is 10.3. The van der Waals surface area contributed by atoms with Crippen LogP contribution >= 0.6 is 23.3 Å². The molecule has 0 aliphatic rings. The largest absolute Gasteiger partial charge is 0.382 e. The fourth-order valence-corrected chi connectivity index (χ4v) is 2.92. The Bertz CT molecular complexity index is 286. The third-order valence-electron chi connectivity index (χ3n) is 2.06. The predicted molar refractivity (Wildman–Crippen MR) is 66.5 cm³/mol. The van der Waals surface area contributed by atoms with Crippen LogP contribution in [-0.2, 0) is 0 Å². The summed E-state index contributed by atoms with van der Waals surface area (Å²) in [5, 5.41) is 1.20. The van der Waals surface area contributed by atoms with E-state index in [-0.39, 0.29) is 0 Å². The van der Waals surface area contributed by atoms with E-state index >= 15 is 0 Å². The lowest BCUT2D eigenvalue weighted by Crippen LogP contribution is -2.17. The van der Waals surface area contributed by atoms with Gasteiger partial charge in [-0.2, -0.15) is 4.37 Å². The minimum absolute atomic E-state index is 0.667. The zero-order chi connectivity index (χ0) is 10.6. The molecule has 1 aromatic heterocycles. The molecule has 0 saturated heterocycles. The second-order valence-electron chi connectivity index (χ2n) is 3.18. The van der Waals surface area contributed by atoms with Crippen LogP contribution in [0, 0.1) is 0 Å².